The highest BCUT2D eigenvalue weighted by atomic mass is 16.5. The molecule has 1 aromatic carbocycles. The topological polar surface area (TPSA) is 73.4 Å². The van der Waals surface area contributed by atoms with Crippen LogP contribution in [-0.4, -0.2) is 45.3 Å². The Labute approximate surface area is 145 Å². The van der Waals surface area contributed by atoms with Crippen molar-refractivity contribution in [2.45, 2.75) is 26.5 Å². The number of fused-ring (bicyclic) bond motifs is 1. The molecule has 1 amide bonds. The zero-order valence-corrected chi connectivity index (χ0v) is 14.3. The smallest absolute Gasteiger partial charge is 0.290 e. The van der Waals surface area contributed by atoms with Gasteiger partial charge in [0.2, 0.25) is 0 Å². The lowest BCUT2D eigenvalue weighted by Crippen LogP contribution is -2.43. The van der Waals surface area contributed by atoms with Gasteiger partial charge < -0.3 is 18.6 Å². The van der Waals surface area contributed by atoms with E-state index < -0.39 is 0 Å². The molecule has 3 heterocycles. The molecule has 130 valence electrons. The summed E-state index contributed by atoms with van der Waals surface area (Å²) < 4.78 is 13.6. The molecule has 0 radical (unpaired) electrons. The van der Waals surface area contributed by atoms with Crippen molar-refractivity contribution in [2.24, 2.45) is 0 Å². The van der Waals surface area contributed by atoms with Crippen molar-refractivity contribution in [3.05, 3.63) is 47.7 Å². The lowest BCUT2D eigenvalue weighted by atomic mass is 10.1. The number of hydrogen-bond acceptors (Lipinski definition) is 5. The molecule has 1 aliphatic heterocycles. The van der Waals surface area contributed by atoms with Crippen molar-refractivity contribution in [1.82, 2.24) is 19.7 Å². The van der Waals surface area contributed by atoms with Crippen LogP contribution >= 0.6 is 0 Å². The van der Waals surface area contributed by atoms with Crippen LogP contribution in [0.1, 0.15) is 35.0 Å². The van der Waals surface area contributed by atoms with Gasteiger partial charge in [-0.3, -0.25) is 4.79 Å². The number of amides is 1. The third-order valence-electron chi connectivity index (χ3n) is 4.67. The first-order valence-corrected chi connectivity index (χ1v) is 8.45. The zero-order valence-electron chi connectivity index (χ0n) is 14.3. The molecule has 2 aromatic heterocycles. The molecule has 0 unspecified atom stereocenters. The fraction of sp³-hybridized carbons (Fsp3) is 0.389. The predicted molar refractivity (Wildman–Crippen MR) is 91.2 cm³/mol. The lowest BCUT2D eigenvalue weighted by Gasteiger charge is -2.32. The van der Waals surface area contributed by atoms with Crippen molar-refractivity contribution in [3.8, 4) is 0 Å². The van der Waals surface area contributed by atoms with Gasteiger partial charge in [0.25, 0.3) is 5.91 Å². The Bertz CT molecular complexity index is 914. The van der Waals surface area contributed by atoms with Crippen LogP contribution in [-0.2, 0) is 11.3 Å². The summed E-state index contributed by atoms with van der Waals surface area (Å²) in [5, 5.41) is 9.08. The number of carbonyl (C=O) groups excluding carboxylic acids is 1. The number of rotatable bonds is 3. The fourth-order valence-corrected chi connectivity index (χ4v) is 3.27. The van der Waals surface area contributed by atoms with Gasteiger partial charge in [-0.1, -0.05) is 18.2 Å². The Morgan fingerprint density at radius 3 is 3.00 bits per heavy atom. The molecule has 0 saturated carbocycles. The SMILES string of the molecule is CCn1cnnc1[C@@H]1CN(C(=O)c2oc3ccccc3c2C)CCO1. The van der Waals surface area contributed by atoms with Gasteiger partial charge >= 0.3 is 0 Å². The quantitative estimate of drug-likeness (QED) is 0.733. The Morgan fingerprint density at radius 1 is 1.36 bits per heavy atom. The maximum atomic E-state index is 13.0. The molecule has 0 aliphatic carbocycles. The van der Waals surface area contributed by atoms with Gasteiger partial charge in [-0.05, 0) is 19.9 Å². The minimum Gasteiger partial charge on any atom is -0.451 e. The molecule has 4 rings (SSSR count). The van der Waals surface area contributed by atoms with Gasteiger partial charge in [0, 0.05) is 24.0 Å². The molecule has 1 atom stereocenters. The minimum absolute atomic E-state index is 0.107. The van der Waals surface area contributed by atoms with Crippen molar-refractivity contribution in [1.29, 1.82) is 0 Å². The molecular weight excluding hydrogens is 320 g/mol. The molecule has 25 heavy (non-hydrogen) atoms. The highest BCUT2D eigenvalue weighted by molar-refractivity contribution is 5.98. The highest BCUT2D eigenvalue weighted by Gasteiger charge is 2.31. The van der Waals surface area contributed by atoms with Crippen molar-refractivity contribution < 1.29 is 13.9 Å². The van der Waals surface area contributed by atoms with Crippen LogP contribution in [0.5, 0.6) is 0 Å². The second-order valence-corrected chi connectivity index (χ2v) is 6.14. The molecule has 7 nitrogen and oxygen atoms in total. The average Bonchev–Trinajstić information content (AvgIpc) is 3.26. The van der Waals surface area contributed by atoms with E-state index in [2.05, 4.69) is 10.2 Å². The summed E-state index contributed by atoms with van der Waals surface area (Å²) in [4.78, 5) is 14.8. The lowest BCUT2D eigenvalue weighted by molar-refractivity contribution is -0.0292. The highest BCUT2D eigenvalue weighted by Crippen LogP contribution is 2.28. The first kappa shape index (κ1) is 15.8. The third-order valence-corrected chi connectivity index (χ3v) is 4.67. The first-order chi connectivity index (χ1) is 12.2. The van der Waals surface area contributed by atoms with Crippen LogP contribution in [0.15, 0.2) is 35.0 Å². The van der Waals surface area contributed by atoms with Crippen molar-refractivity contribution in [3.63, 3.8) is 0 Å². The van der Waals surface area contributed by atoms with Gasteiger partial charge in [0.1, 0.15) is 18.0 Å². The summed E-state index contributed by atoms with van der Waals surface area (Å²) in [6.45, 7) is 6.15. The van der Waals surface area contributed by atoms with E-state index in [-0.39, 0.29) is 12.0 Å². The van der Waals surface area contributed by atoms with Crippen molar-refractivity contribution >= 4 is 16.9 Å². The number of furan rings is 1. The van der Waals surface area contributed by atoms with Crippen LogP contribution in [0.3, 0.4) is 0 Å². The summed E-state index contributed by atoms with van der Waals surface area (Å²) in [6, 6.07) is 7.70. The Hall–Kier alpha value is -2.67. The first-order valence-electron chi connectivity index (χ1n) is 8.45. The predicted octanol–water partition coefficient (Wildman–Crippen LogP) is 2.57. The monoisotopic (exact) mass is 340 g/mol. The van der Waals surface area contributed by atoms with E-state index in [1.165, 1.54) is 0 Å². The molecule has 3 aromatic rings. The molecule has 1 fully saturated rings. The number of para-hydroxylation sites is 1. The second-order valence-electron chi connectivity index (χ2n) is 6.14. The summed E-state index contributed by atoms with van der Waals surface area (Å²) in [6.07, 6.45) is 1.41. The number of hydrogen-bond donors (Lipinski definition) is 0. The summed E-state index contributed by atoms with van der Waals surface area (Å²) >= 11 is 0. The van der Waals surface area contributed by atoms with Gasteiger partial charge in [-0.15, -0.1) is 10.2 Å². The summed E-state index contributed by atoms with van der Waals surface area (Å²) in [5.74, 6) is 1.05. The van der Waals surface area contributed by atoms with Crippen LogP contribution in [0.25, 0.3) is 11.0 Å². The summed E-state index contributed by atoms with van der Waals surface area (Å²) in [5.41, 5.74) is 1.61. The number of aryl methyl sites for hydroxylation is 2. The number of morpholine rings is 1. The van der Waals surface area contributed by atoms with E-state index >= 15 is 0 Å². The van der Waals surface area contributed by atoms with E-state index in [4.69, 9.17) is 9.15 Å². The summed E-state index contributed by atoms with van der Waals surface area (Å²) in [7, 11) is 0. The number of nitrogens with zero attached hydrogens (tertiary/aromatic N) is 4. The number of carbonyl (C=O) groups is 1. The Morgan fingerprint density at radius 2 is 2.20 bits per heavy atom. The van der Waals surface area contributed by atoms with Gasteiger partial charge in [-0.2, -0.15) is 0 Å². The molecular formula is C18H20N4O3. The van der Waals surface area contributed by atoms with Gasteiger partial charge in [0.05, 0.1) is 13.2 Å². The molecule has 1 saturated heterocycles. The molecule has 0 spiro atoms. The van der Waals surface area contributed by atoms with Crippen LogP contribution in [0.4, 0.5) is 0 Å². The van der Waals surface area contributed by atoms with E-state index in [0.717, 1.165) is 28.9 Å². The Kier molecular flexibility index (Phi) is 4.01. The van der Waals surface area contributed by atoms with E-state index in [9.17, 15) is 4.79 Å². The fourth-order valence-electron chi connectivity index (χ4n) is 3.27. The zero-order chi connectivity index (χ0) is 17.4. The van der Waals surface area contributed by atoms with Gasteiger partial charge in [0.15, 0.2) is 11.6 Å². The normalized spacial score (nSPS) is 18.0. The van der Waals surface area contributed by atoms with Crippen LogP contribution < -0.4 is 0 Å². The molecule has 0 N–H and O–H groups in total. The maximum Gasteiger partial charge on any atom is 0.290 e. The number of aromatic nitrogens is 3. The van der Waals surface area contributed by atoms with E-state index in [1.54, 1.807) is 11.2 Å². The number of ether oxygens (including phenoxy) is 1. The standard InChI is InChI=1S/C18H20N4O3/c1-3-21-11-19-20-17(21)15-10-22(8-9-24-15)18(23)16-12(2)13-6-4-5-7-14(13)25-16/h4-7,11,15H,3,8-10H2,1-2H3/t15-/m0/s1. The van der Waals surface area contributed by atoms with Gasteiger partial charge in [-0.25, -0.2) is 0 Å². The molecule has 7 heteroatoms. The molecule has 0 bridgehead atoms. The third kappa shape index (κ3) is 2.70. The van der Waals surface area contributed by atoms with Crippen LogP contribution in [0.2, 0.25) is 0 Å². The Balaban J connectivity index is 1.60. The van der Waals surface area contributed by atoms with Crippen LogP contribution in [0, 0.1) is 6.92 Å². The van der Waals surface area contributed by atoms with E-state index in [0.29, 0.717) is 25.5 Å². The average molecular weight is 340 g/mol. The number of benzene rings is 1. The second kappa shape index (κ2) is 6.33. The minimum atomic E-state index is -0.273. The maximum absolute atomic E-state index is 13.0. The molecule has 1 aliphatic rings. The largest absolute Gasteiger partial charge is 0.451 e. The van der Waals surface area contributed by atoms with Crippen molar-refractivity contribution in [2.75, 3.05) is 19.7 Å². The van der Waals surface area contributed by atoms with E-state index in [1.807, 2.05) is 42.7 Å².